The number of aliphatic carboxylic acids is 1. The predicted octanol–water partition coefficient (Wildman–Crippen LogP) is 4.49. The summed E-state index contributed by atoms with van der Waals surface area (Å²) in [6.07, 6.45) is 0.988. The number of para-hydroxylation sites is 1. The molecule has 1 aliphatic rings. The molecule has 33 heavy (non-hydrogen) atoms. The number of ether oxygens (including phenoxy) is 1. The first-order valence-electron chi connectivity index (χ1n) is 10.8. The molecule has 0 amide bonds. The van der Waals surface area contributed by atoms with E-state index in [1.165, 1.54) is 29.6 Å². The Kier molecular flexibility index (Phi) is 6.41. The number of hydrogen-bond donors (Lipinski definition) is 1. The largest absolute Gasteiger partial charge is 0.495 e. The Morgan fingerprint density at radius 2 is 1.85 bits per heavy atom. The fraction of sp³-hybridized carbons (Fsp3) is 0.320. The van der Waals surface area contributed by atoms with Gasteiger partial charge in [-0.05, 0) is 77.4 Å². The number of sulfonamides is 1. The number of halogens is 1. The first-order valence-corrected chi connectivity index (χ1v) is 12.2. The van der Waals surface area contributed by atoms with Crippen LogP contribution in [0.3, 0.4) is 0 Å². The third-order valence-corrected chi connectivity index (χ3v) is 8.35. The molecule has 0 aromatic heterocycles. The molecule has 0 saturated carbocycles. The number of carboxylic acids is 1. The molecule has 0 atom stereocenters. The van der Waals surface area contributed by atoms with Crippen molar-refractivity contribution in [2.75, 3.05) is 20.2 Å². The van der Waals surface area contributed by atoms with Gasteiger partial charge in [0.2, 0.25) is 10.0 Å². The summed E-state index contributed by atoms with van der Waals surface area (Å²) in [5.41, 5.74) is 2.44. The quantitative estimate of drug-likeness (QED) is 0.573. The number of carbonyl (C=O) groups is 1. The second kappa shape index (κ2) is 9.11. The van der Waals surface area contributed by atoms with E-state index < -0.39 is 16.0 Å². The Hall–Kier alpha value is -2.97. The molecule has 6 nitrogen and oxygen atoms in total. The van der Waals surface area contributed by atoms with Crippen molar-refractivity contribution in [2.45, 2.75) is 37.0 Å². The van der Waals surface area contributed by atoms with E-state index in [9.17, 15) is 22.7 Å². The van der Waals surface area contributed by atoms with Crippen LogP contribution in [0.4, 0.5) is 4.39 Å². The van der Waals surface area contributed by atoms with E-state index in [-0.39, 0.29) is 23.1 Å². The number of benzene rings is 3. The van der Waals surface area contributed by atoms with E-state index in [1.807, 2.05) is 13.0 Å². The topological polar surface area (TPSA) is 83.9 Å². The number of methoxy groups -OCH3 is 1. The standard InChI is InChI=1S/C25H26FNO5S/c1-16-19(14-24(28)29)13-18-7-8-20(26)15-21(18)25(16)17-9-11-27(12-10-17)33(30,31)23-6-4-3-5-22(23)32-2/h3-8,13,15,17H,9-12,14H2,1-2H3,(H,28,29). The van der Waals surface area contributed by atoms with Crippen molar-refractivity contribution in [3.05, 3.63) is 71.0 Å². The lowest BCUT2D eigenvalue weighted by Gasteiger charge is -2.33. The molecule has 1 aliphatic heterocycles. The predicted molar refractivity (Wildman–Crippen MR) is 124 cm³/mol. The maximum atomic E-state index is 14.1. The highest BCUT2D eigenvalue weighted by Gasteiger charge is 2.33. The Labute approximate surface area is 192 Å². The van der Waals surface area contributed by atoms with E-state index >= 15 is 0 Å². The number of piperidine rings is 1. The Bertz CT molecular complexity index is 1310. The van der Waals surface area contributed by atoms with Crippen molar-refractivity contribution in [1.82, 2.24) is 4.31 Å². The molecule has 8 heteroatoms. The van der Waals surface area contributed by atoms with E-state index in [2.05, 4.69) is 0 Å². The lowest BCUT2D eigenvalue weighted by Crippen LogP contribution is -2.38. The molecule has 0 spiro atoms. The molecule has 174 valence electrons. The molecule has 0 radical (unpaired) electrons. The molecular weight excluding hydrogens is 445 g/mol. The van der Waals surface area contributed by atoms with Crippen molar-refractivity contribution in [1.29, 1.82) is 0 Å². The van der Waals surface area contributed by atoms with Gasteiger partial charge in [0.25, 0.3) is 0 Å². The van der Waals surface area contributed by atoms with Crippen molar-refractivity contribution in [3.8, 4) is 5.75 Å². The van der Waals surface area contributed by atoms with Crippen LogP contribution < -0.4 is 4.74 Å². The van der Waals surface area contributed by atoms with Crippen LogP contribution in [0.5, 0.6) is 5.75 Å². The van der Waals surface area contributed by atoms with E-state index in [4.69, 9.17) is 4.74 Å². The summed E-state index contributed by atoms with van der Waals surface area (Å²) in [6, 6.07) is 12.9. The summed E-state index contributed by atoms with van der Waals surface area (Å²) < 4.78 is 47.3. The number of nitrogens with zero attached hydrogens (tertiary/aromatic N) is 1. The van der Waals surface area contributed by atoms with E-state index in [0.29, 0.717) is 37.2 Å². The lowest BCUT2D eigenvalue weighted by molar-refractivity contribution is -0.136. The summed E-state index contributed by atoms with van der Waals surface area (Å²) in [7, 11) is -2.28. The molecule has 1 saturated heterocycles. The third kappa shape index (κ3) is 4.45. The fourth-order valence-electron chi connectivity index (χ4n) is 4.79. The van der Waals surface area contributed by atoms with Crippen LogP contribution in [0.2, 0.25) is 0 Å². The first-order chi connectivity index (χ1) is 15.7. The summed E-state index contributed by atoms with van der Waals surface area (Å²) in [6.45, 7) is 2.49. The Morgan fingerprint density at radius 1 is 1.15 bits per heavy atom. The second-order valence-electron chi connectivity index (χ2n) is 8.34. The van der Waals surface area contributed by atoms with Gasteiger partial charge in [-0.15, -0.1) is 0 Å². The van der Waals surface area contributed by atoms with Gasteiger partial charge in [-0.25, -0.2) is 12.8 Å². The highest BCUT2D eigenvalue weighted by atomic mass is 32.2. The van der Waals surface area contributed by atoms with Crippen molar-refractivity contribution in [3.63, 3.8) is 0 Å². The smallest absolute Gasteiger partial charge is 0.307 e. The number of fused-ring (bicyclic) bond motifs is 1. The molecule has 0 aliphatic carbocycles. The van der Waals surface area contributed by atoms with Crippen LogP contribution in [0, 0.1) is 12.7 Å². The van der Waals surface area contributed by atoms with Crippen molar-refractivity contribution < 1.29 is 27.4 Å². The SMILES string of the molecule is COc1ccccc1S(=O)(=O)N1CCC(c2c(C)c(CC(=O)O)cc3ccc(F)cc23)CC1. The molecule has 4 rings (SSSR count). The van der Waals surface area contributed by atoms with Gasteiger partial charge in [0, 0.05) is 13.1 Å². The zero-order valence-electron chi connectivity index (χ0n) is 18.5. The minimum atomic E-state index is -3.72. The summed E-state index contributed by atoms with van der Waals surface area (Å²) >= 11 is 0. The minimum Gasteiger partial charge on any atom is -0.495 e. The zero-order valence-corrected chi connectivity index (χ0v) is 19.4. The van der Waals surface area contributed by atoms with Crippen molar-refractivity contribution in [2.24, 2.45) is 0 Å². The first kappa shape index (κ1) is 23.2. The van der Waals surface area contributed by atoms with Crippen LogP contribution in [-0.2, 0) is 21.2 Å². The van der Waals surface area contributed by atoms with Gasteiger partial charge in [0.05, 0.1) is 13.5 Å². The van der Waals surface area contributed by atoms with Crippen LogP contribution in [0.15, 0.2) is 53.4 Å². The average Bonchev–Trinajstić information content (AvgIpc) is 2.79. The third-order valence-electron chi connectivity index (χ3n) is 6.41. The molecule has 0 unspecified atom stereocenters. The molecule has 1 fully saturated rings. The summed E-state index contributed by atoms with van der Waals surface area (Å²) in [4.78, 5) is 11.5. The van der Waals surface area contributed by atoms with Crippen LogP contribution in [-0.4, -0.2) is 44.0 Å². The van der Waals surface area contributed by atoms with E-state index in [0.717, 1.165) is 21.9 Å². The van der Waals surface area contributed by atoms with Gasteiger partial charge in [0.15, 0.2) is 0 Å². The second-order valence-corrected chi connectivity index (χ2v) is 10.2. The van der Waals surface area contributed by atoms with Crippen molar-refractivity contribution >= 4 is 26.8 Å². The normalized spacial score (nSPS) is 15.6. The van der Waals surface area contributed by atoms with Gasteiger partial charge in [0.1, 0.15) is 16.5 Å². The number of rotatable bonds is 6. The maximum Gasteiger partial charge on any atom is 0.307 e. The number of hydrogen-bond acceptors (Lipinski definition) is 4. The summed E-state index contributed by atoms with van der Waals surface area (Å²) in [5, 5.41) is 10.9. The van der Waals surface area contributed by atoms with Gasteiger partial charge >= 0.3 is 5.97 Å². The monoisotopic (exact) mass is 471 g/mol. The van der Waals surface area contributed by atoms with Crippen LogP contribution in [0.1, 0.15) is 35.4 Å². The Morgan fingerprint density at radius 3 is 2.52 bits per heavy atom. The highest BCUT2D eigenvalue weighted by molar-refractivity contribution is 7.89. The molecule has 3 aromatic rings. The molecule has 0 bridgehead atoms. The molecule has 1 heterocycles. The zero-order chi connectivity index (χ0) is 23.8. The summed E-state index contributed by atoms with van der Waals surface area (Å²) in [5.74, 6) is -0.987. The van der Waals surface area contributed by atoms with Gasteiger partial charge in [-0.3, -0.25) is 4.79 Å². The molecule has 1 N–H and O–H groups in total. The maximum absolute atomic E-state index is 14.1. The van der Waals surface area contributed by atoms with Gasteiger partial charge in [-0.1, -0.05) is 24.3 Å². The average molecular weight is 472 g/mol. The minimum absolute atomic E-state index is 0.00726. The van der Waals surface area contributed by atoms with Gasteiger partial charge < -0.3 is 9.84 Å². The lowest BCUT2D eigenvalue weighted by atomic mass is 9.82. The number of carboxylic acid groups (broad SMARTS) is 1. The van der Waals surface area contributed by atoms with Crippen LogP contribution >= 0.6 is 0 Å². The molecule has 3 aromatic carbocycles. The van der Waals surface area contributed by atoms with Crippen LogP contribution in [0.25, 0.3) is 10.8 Å². The van der Waals surface area contributed by atoms with Gasteiger partial charge in [-0.2, -0.15) is 4.31 Å². The fourth-order valence-corrected chi connectivity index (χ4v) is 6.41. The molecular formula is C25H26FNO5S. The highest BCUT2D eigenvalue weighted by Crippen LogP contribution is 2.39. The van der Waals surface area contributed by atoms with E-state index in [1.54, 1.807) is 24.3 Å². The Balaban J connectivity index is 1.67.